The van der Waals surface area contributed by atoms with Gasteiger partial charge in [-0.15, -0.1) is 0 Å². The fourth-order valence-corrected chi connectivity index (χ4v) is 3.12. The second kappa shape index (κ2) is 9.85. The molecule has 1 aromatic heterocycles. The molecule has 0 fully saturated rings. The molecule has 0 aliphatic carbocycles. The summed E-state index contributed by atoms with van der Waals surface area (Å²) in [6.07, 6.45) is 3.18. The number of hydrogen-bond donors (Lipinski definition) is 2. The molecule has 0 bridgehead atoms. The summed E-state index contributed by atoms with van der Waals surface area (Å²) in [7, 11) is 0. The first-order chi connectivity index (χ1) is 14.4. The third-order valence-electron chi connectivity index (χ3n) is 4.07. The van der Waals surface area contributed by atoms with E-state index >= 15 is 0 Å². The number of amides is 2. The summed E-state index contributed by atoms with van der Waals surface area (Å²) in [6.45, 7) is 1.75. The van der Waals surface area contributed by atoms with Crippen molar-refractivity contribution in [1.82, 2.24) is 0 Å². The van der Waals surface area contributed by atoms with Crippen LogP contribution in [-0.2, 0) is 9.59 Å². The Morgan fingerprint density at radius 1 is 1.00 bits per heavy atom. The van der Waals surface area contributed by atoms with Crippen molar-refractivity contribution in [1.29, 1.82) is 0 Å². The SMILES string of the molecule is CCC(=O)Nc1ccc(Cl)c(NC(=O)C=Cc2ccc(-c3cccc(Cl)c3Cl)o2)c1. The van der Waals surface area contributed by atoms with Gasteiger partial charge in [0.05, 0.1) is 20.8 Å². The monoisotopic (exact) mass is 462 g/mol. The van der Waals surface area contributed by atoms with E-state index < -0.39 is 5.91 Å². The van der Waals surface area contributed by atoms with Gasteiger partial charge in [-0.05, 0) is 48.5 Å². The summed E-state index contributed by atoms with van der Waals surface area (Å²) in [5.74, 6) is 0.453. The van der Waals surface area contributed by atoms with Crippen molar-refractivity contribution < 1.29 is 14.0 Å². The van der Waals surface area contributed by atoms with Crippen molar-refractivity contribution in [3.8, 4) is 11.3 Å². The molecule has 0 unspecified atom stereocenters. The zero-order valence-corrected chi connectivity index (χ0v) is 18.1. The molecule has 8 heteroatoms. The zero-order valence-electron chi connectivity index (χ0n) is 15.8. The lowest BCUT2D eigenvalue weighted by Crippen LogP contribution is -2.11. The van der Waals surface area contributed by atoms with E-state index in [1.54, 1.807) is 55.5 Å². The molecule has 0 aliphatic rings. The predicted molar refractivity (Wildman–Crippen MR) is 122 cm³/mol. The summed E-state index contributed by atoms with van der Waals surface area (Å²) in [5.41, 5.74) is 1.58. The van der Waals surface area contributed by atoms with Crippen molar-refractivity contribution in [2.75, 3.05) is 10.6 Å². The molecule has 30 heavy (non-hydrogen) atoms. The van der Waals surface area contributed by atoms with Gasteiger partial charge in [-0.2, -0.15) is 0 Å². The maximum atomic E-state index is 12.3. The number of carbonyl (C=O) groups is 2. The van der Waals surface area contributed by atoms with Gasteiger partial charge < -0.3 is 15.1 Å². The first-order valence-electron chi connectivity index (χ1n) is 9.00. The number of carbonyl (C=O) groups excluding carboxylic acids is 2. The Bertz CT molecular complexity index is 1120. The average molecular weight is 464 g/mol. The number of hydrogen-bond acceptors (Lipinski definition) is 3. The van der Waals surface area contributed by atoms with Gasteiger partial charge in [-0.25, -0.2) is 0 Å². The van der Waals surface area contributed by atoms with E-state index in [1.807, 2.05) is 0 Å². The van der Waals surface area contributed by atoms with Crippen LogP contribution in [0.5, 0.6) is 0 Å². The number of furan rings is 1. The third kappa shape index (κ3) is 5.45. The third-order valence-corrected chi connectivity index (χ3v) is 5.22. The highest BCUT2D eigenvalue weighted by Crippen LogP contribution is 2.34. The topological polar surface area (TPSA) is 71.3 Å². The minimum atomic E-state index is -0.408. The summed E-state index contributed by atoms with van der Waals surface area (Å²) in [6, 6.07) is 13.6. The normalized spacial score (nSPS) is 10.9. The second-order valence-electron chi connectivity index (χ2n) is 6.22. The smallest absolute Gasteiger partial charge is 0.248 e. The lowest BCUT2D eigenvalue weighted by molar-refractivity contribution is -0.116. The van der Waals surface area contributed by atoms with Gasteiger partial charge in [-0.1, -0.05) is 47.8 Å². The van der Waals surface area contributed by atoms with Crippen LogP contribution in [0.2, 0.25) is 15.1 Å². The number of nitrogens with one attached hydrogen (secondary N) is 2. The van der Waals surface area contributed by atoms with E-state index in [0.29, 0.717) is 49.9 Å². The van der Waals surface area contributed by atoms with Crippen LogP contribution >= 0.6 is 34.8 Å². The summed E-state index contributed by atoms with van der Waals surface area (Å²) in [4.78, 5) is 23.8. The van der Waals surface area contributed by atoms with Gasteiger partial charge in [0.2, 0.25) is 11.8 Å². The van der Waals surface area contributed by atoms with Gasteiger partial charge in [0.1, 0.15) is 11.5 Å². The maximum absolute atomic E-state index is 12.3. The van der Waals surface area contributed by atoms with E-state index in [2.05, 4.69) is 10.6 Å². The van der Waals surface area contributed by atoms with Gasteiger partial charge >= 0.3 is 0 Å². The zero-order chi connectivity index (χ0) is 21.7. The van der Waals surface area contributed by atoms with Gasteiger partial charge in [0.15, 0.2) is 0 Å². The largest absolute Gasteiger partial charge is 0.457 e. The molecule has 0 aliphatic heterocycles. The van der Waals surface area contributed by atoms with Crippen LogP contribution in [0.15, 0.2) is 59.0 Å². The first kappa shape index (κ1) is 22.0. The molecule has 0 atom stereocenters. The van der Waals surface area contributed by atoms with Crippen LogP contribution < -0.4 is 10.6 Å². The maximum Gasteiger partial charge on any atom is 0.248 e. The molecular weight excluding hydrogens is 447 g/mol. The van der Waals surface area contributed by atoms with Gasteiger partial charge in [0.25, 0.3) is 0 Å². The second-order valence-corrected chi connectivity index (χ2v) is 7.41. The molecule has 154 valence electrons. The van der Waals surface area contributed by atoms with E-state index in [1.165, 1.54) is 12.2 Å². The Morgan fingerprint density at radius 3 is 2.57 bits per heavy atom. The molecule has 3 rings (SSSR count). The number of rotatable bonds is 6. The molecule has 3 aromatic rings. The molecule has 5 nitrogen and oxygen atoms in total. The first-order valence-corrected chi connectivity index (χ1v) is 10.1. The molecule has 2 N–H and O–H groups in total. The Morgan fingerprint density at radius 2 is 1.80 bits per heavy atom. The molecule has 0 saturated heterocycles. The lowest BCUT2D eigenvalue weighted by atomic mass is 10.2. The summed E-state index contributed by atoms with van der Waals surface area (Å²) in [5, 5.41) is 6.56. The molecular formula is C22H17Cl3N2O3. The lowest BCUT2D eigenvalue weighted by Gasteiger charge is -2.09. The standard InChI is InChI=1S/C22H17Cl3N2O3/c1-2-20(28)26-13-6-9-16(23)18(12-13)27-21(29)11-8-14-7-10-19(30-14)15-4-3-5-17(24)22(15)25/h3-12H,2H2,1H3,(H,26,28)(H,27,29). The molecule has 0 saturated carbocycles. The predicted octanol–water partition coefficient (Wildman–Crippen LogP) is 6.91. The quantitative estimate of drug-likeness (QED) is 0.390. The van der Waals surface area contributed by atoms with Gasteiger partial charge in [0, 0.05) is 23.7 Å². The van der Waals surface area contributed by atoms with E-state index in [4.69, 9.17) is 39.2 Å². The Kier molecular flexibility index (Phi) is 7.21. The fraction of sp³-hybridized carbons (Fsp3) is 0.0909. The molecule has 1 heterocycles. The van der Waals surface area contributed by atoms with E-state index in [-0.39, 0.29) is 5.91 Å². The van der Waals surface area contributed by atoms with Crippen LogP contribution in [-0.4, -0.2) is 11.8 Å². The average Bonchev–Trinajstić information content (AvgIpc) is 3.19. The molecule has 2 amide bonds. The minimum Gasteiger partial charge on any atom is -0.457 e. The van der Waals surface area contributed by atoms with Crippen molar-refractivity contribution in [3.63, 3.8) is 0 Å². The van der Waals surface area contributed by atoms with Crippen molar-refractivity contribution in [2.24, 2.45) is 0 Å². The highest BCUT2D eigenvalue weighted by Gasteiger charge is 2.11. The molecule has 0 radical (unpaired) electrons. The molecule has 2 aromatic carbocycles. The van der Waals surface area contributed by atoms with E-state index in [0.717, 1.165) is 0 Å². The van der Waals surface area contributed by atoms with Crippen molar-refractivity contribution in [2.45, 2.75) is 13.3 Å². The Labute approximate surface area is 188 Å². The van der Waals surface area contributed by atoms with Crippen molar-refractivity contribution >= 4 is 64.1 Å². The van der Waals surface area contributed by atoms with Crippen molar-refractivity contribution in [3.05, 3.63) is 75.4 Å². The van der Waals surface area contributed by atoms with Crippen LogP contribution in [0.3, 0.4) is 0 Å². The van der Waals surface area contributed by atoms with Crippen LogP contribution in [0.4, 0.5) is 11.4 Å². The van der Waals surface area contributed by atoms with Crippen LogP contribution in [0.25, 0.3) is 17.4 Å². The number of benzene rings is 2. The highest BCUT2D eigenvalue weighted by atomic mass is 35.5. The highest BCUT2D eigenvalue weighted by molar-refractivity contribution is 6.43. The van der Waals surface area contributed by atoms with Gasteiger partial charge in [-0.3, -0.25) is 9.59 Å². The summed E-state index contributed by atoms with van der Waals surface area (Å²) >= 11 is 18.4. The molecule has 0 spiro atoms. The fourth-order valence-electron chi connectivity index (χ4n) is 2.56. The minimum absolute atomic E-state index is 0.136. The van der Waals surface area contributed by atoms with Crippen LogP contribution in [0, 0.1) is 0 Å². The van der Waals surface area contributed by atoms with Crippen LogP contribution in [0.1, 0.15) is 19.1 Å². The van der Waals surface area contributed by atoms with E-state index in [9.17, 15) is 9.59 Å². The summed E-state index contributed by atoms with van der Waals surface area (Å²) < 4.78 is 5.72. The Balaban J connectivity index is 1.70. The number of halogens is 3. The Hall–Kier alpha value is -2.73. The number of anilines is 2.